The fourth-order valence-corrected chi connectivity index (χ4v) is 11.2. The number of amides is 4. The number of anilines is 3. The molecule has 10 rings (SSSR count). The normalized spacial score (nSPS) is 17.9. The molecule has 2 saturated heterocycles. The predicted octanol–water partition coefficient (Wildman–Crippen LogP) is 8.34. The molecule has 0 aliphatic carbocycles. The van der Waals surface area contributed by atoms with Crippen LogP contribution in [0.3, 0.4) is 0 Å². The fourth-order valence-electron chi connectivity index (χ4n) is 10.3. The number of thiazole rings is 1. The first-order valence-corrected chi connectivity index (χ1v) is 24.7. The zero-order valence-corrected chi connectivity index (χ0v) is 40.4. The van der Waals surface area contributed by atoms with E-state index in [0.717, 1.165) is 26.7 Å². The molecule has 3 aliphatic heterocycles. The Morgan fingerprint density at radius 1 is 0.972 bits per heavy atom. The number of hydrogen-bond acceptors (Lipinski definition) is 12. The third kappa shape index (κ3) is 9.73. The minimum Gasteiger partial charge on any atom is -0.493 e. The van der Waals surface area contributed by atoms with Gasteiger partial charge in [-0.05, 0) is 116 Å². The number of fused-ring (bicyclic) bond motifs is 3. The Balaban J connectivity index is 0.760. The van der Waals surface area contributed by atoms with Crippen molar-refractivity contribution in [3.63, 3.8) is 0 Å². The van der Waals surface area contributed by atoms with Gasteiger partial charge in [-0.15, -0.1) is 0 Å². The number of aryl methyl sites for hydroxylation is 1. The van der Waals surface area contributed by atoms with E-state index in [9.17, 15) is 29.1 Å². The van der Waals surface area contributed by atoms with Gasteiger partial charge >= 0.3 is 5.97 Å². The van der Waals surface area contributed by atoms with Crippen molar-refractivity contribution >= 4 is 78.6 Å². The van der Waals surface area contributed by atoms with Gasteiger partial charge < -0.3 is 20.1 Å². The molecule has 1 unspecified atom stereocenters. The molecule has 3 aromatic heterocycles. The largest absolute Gasteiger partial charge is 0.493 e. The number of para-hydroxylation sites is 1. The molecule has 2 atom stereocenters. The Morgan fingerprint density at radius 3 is 2.61 bits per heavy atom. The Hall–Kier alpha value is -7.64. The summed E-state index contributed by atoms with van der Waals surface area (Å²) in [6.07, 6.45) is 3.38. The van der Waals surface area contributed by atoms with Gasteiger partial charge in [-0.3, -0.25) is 39.4 Å². The summed E-state index contributed by atoms with van der Waals surface area (Å²) in [5.74, 6) is -6.68. The summed E-state index contributed by atoms with van der Waals surface area (Å²) in [7, 11) is 1.72. The number of carboxylic acid groups (broad SMARTS) is 1. The first-order valence-electron chi connectivity index (χ1n) is 23.9. The van der Waals surface area contributed by atoms with Gasteiger partial charge in [-0.1, -0.05) is 47.7 Å². The number of benzene rings is 4. The molecular formula is C53H51F2N9O7S. The predicted molar refractivity (Wildman–Crippen MR) is 269 cm³/mol. The standard InChI is InChI=1S/C53H51F2N9O7S/c1-30-34(46-40(19-22-56-48(46)51(69)70)64-24-20-31-8-5-11-35(38(31)27-64)49(67)60-52-58-39-12-3-4-14-43(39)72-52)10-6-13-42(30)71-25-7-9-32-21-23-63(29-53(32,54)55)28-45(66)57-33-15-16-36-41(26-33)62(2)61-47(36)37-17-18-44(65)59-50(37)68/h3-6,8,10-16,19,22,26,32,37H,7,9,17-18,20-21,23-25,27-29H2,1-2H3,(H,57,66)(H,69,70)(H,58,60,67)(H,59,65,68)/t32-,37?/m0/s1. The molecule has 7 aromatic rings. The maximum atomic E-state index is 15.7. The number of piperidine rings is 2. The molecule has 16 nitrogen and oxygen atoms in total. The molecule has 4 amide bonds. The highest BCUT2D eigenvalue weighted by molar-refractivity contribution is 7.22. The summed E-state index contributed by atoms with van der Waals surface area (Å²) in [6.45, 7) is 2.40. The molecule has 0 saturated carbocycles. The Kier molecular flexibility index (Phi) is 13.2. The third-order valence-corrected chi connectivity index (χ3v) is 14.9. The molecule has 0 spiro atoms. The van der Waals surface area contributed by atoms with E-state index in [4.69, 9.17) is 4.74 Å². The van der Waals surface area contributed by atoms with Crippen LogP contribution in [0.15, 0.2) is 91.1 Å². The number of hydrogen-bond donors (Lipinski definition) is 4. The quantitative estimate of drug-likeness (QED) is 0.0601. The molecule has 72 heavy (non-hydrogen) atoms. The number of imide groups is 1. The lowest BCUT2D eigenvalue weighted by Gasteiger charge is -2.38. The lowest BCUT2D eigenvalue weighted by molar-refractivity contribution is -0.134. The summed E-state index contributed by atoms with van der Waals surface area (Å²) in [4.78, 5) is 76.4. The van der Waals surface area contributed by atoms with Crippen LogP contribution in [0.25, 0.3) is 32.2 Å². The minimum absolute atomic E-state index is 0.139. The van der Waals surface area contributed by atoms with Crippen molar-refractivity contribution in [3.8, 4) is 16.9 Å². The van der Waals surface area contributed by atoms with Gasteiger partial charge in [0.05, 0.1) is 47.0 Å². The van der Waals surface area contributed by atoms with Gasteiger partial charge in [-0.2, -0.15) is 5.10 Å². The number of nitrogens with one attached hydrogen (secondary N) is 3. The molecular weight excluding hydrogens is 945 g/mol. The van der Waals surface area contributed by atoms with Crippen molar-refractivity contribution in [2.24, 2.45) is 13.0 Å². The third-order valence-electron chi connectivity index (χ3n) is 13.9. The van der Waals surface area contributed by atoms with Crippen LogP contribution in [0.4, 0.5) is 25.3 Å². The molecule has 0 radical (unpaired) electrons. The molecule has 3 aliphatic rings. The number of carbonyl (C=O) groups is 5. The van der Waals surface area contributed by atoms with Gasteiger partial charge in [0.2, 0.25) is 17.7 Å². The SMILES string of the molecule is Cc1c(OCCC[C@H]2CCN(CC(=O)Nc3ccc4c(C5CCC(=O)NC5=O)nn(C)c4c3)CC2(F)F)cccc1-c1c(N2CCc3cccc(C(=O)Nc4nc5ccccc5s4)c3C2)ccnc1C(=O)O. The number of likely N-dealkylation sites (tertiary alicyclic amines) is 1. The molecule has 4 N–H and O–H groups in total. The summed E-state index contributed by atoms with van der Waals surface area (Å²) >= 11 is 1.40. The van der Waals surface area contributed by atoms with E-state index < -0.39 is 42.1 Å². The minimum atomic E-state index is -3.05. The maximum Gasteiger partial charge on any atom is 0.355 e. The van der Waals surface area contributed by atoms with E-state index in [0.29, 0.717) is 94.6 Å². The highest BCUT2D eigenvalue weighted by atomic mass is 32.1. The van der Waals surface area contributed by atoms with Crippen molar-refractivity contribution in [1.29, 1.82) is 0 Å². The smallest absolute Gasteiger partial charge is 0.355 e. The van der Waals surface area contributed by atoms with Crippen LogP contribution in [0.5, 0.6) is 5.75 Å². The second kappa shape index (κ2) is 19.9. The van der Waals surface area contributed by atoms with Crippen LogP contribution in [0, 0.1) is 12.8 Å². The number of rotatable bonds is 14. The molecule has 370 valence electrons. The average molecular weight is 996 g/mol. The van der Waals surface area contributed by atoms with Crippen molar-refractivity contribution in [2.75, 3.05) is 48.3 Å². The number of ether oxygens (including phenoxy) is 1. The fraction of sp³-hybridized carbons (Fsp3) is 0.321. The molecule has 6 heterocycles. The van der Waals surface area contributed by atoms with Crippen LogP contribution < -0.4 is 25.6 Å². The highest BCUT2D eigenvalue weighted by Crippen LogP contribution is 2.41. The van der Waals surface area contributed by atoms with Crippen LogP contribution >= 0.6 is 11.3 Å². The number of aromatic carboxylic acids is 1. The number of aromatic nitrogens is 4. The number of alkyl halides is 2. The average Bonchev–Trinajstić information content (AvgIpc) is 3.92. The molecule has 4 aromatic carbocycles. The Labute approximate surface area is 416 Å². The topological polar surface area (TPSA) is 201 Å². The molecule has 2 fully saturated rings. The Bertz CT molecular complexity index is 3270. The van der Waals surface area contributed by atoms with E-state index in [2.05, 4.69) is 35.9 Å². The van der Waals surface area contributed by atoms with Gasteiger partial charge in [0.1, 0.15) is 5.75 Å². The lowest BCUT2D eigenvalue weighted by Crippen LogP contribution is -2.50. The number of carbonyl (C=O) groups excluding carboxylic acids is 4. The second-order valence-electron chi connectivity index (χ2n) is 18.6. The second-order valence-corrected chi connectivity index (χ2v) is 19.6. The van der Waals surface area contributed by atoms with E-state index >= 15 is 8.78 Å². The van der Waals surface area contributed by atoms with E-state index in [1.807, 2.05) is 49.4 Å². The number of nitrogens with zero attached hydrogens (tertiary/aromatic N) is 6. The van der Waals surface area contributed by atoms with E-state index in [1.54, 1.807) is 54.2 Å². The number of carboxylic acids is 1. The maximum absolute atomic E-state index is 15.7. The van der Waals surface area contributed by atoms with Crippen molar-refractivity contribution in [3.05, 3.63) is 125 Å². The van der Waals surface area contributed by atoms with Crippen molar-refractivity contribution in [2.45, 2.75) is 63.8 Å². The van der Waals surface area contributed by atoms with Crippen LogP contribution in [-0.2, 0) is 34.4 Å². The van der Waals surface area contributed by atoms with Crippen LogP contribution in [0.2, 0.25) is 0 Å². The lowest BCUT2D eigenvalue weighted by atomic mass is 9.88. The monoisotopic (exact) mass is 995 g/mol. The summed E-state index contributed by atoms with van der Waals surface area (Å²) < 4.78 is 40.2. The van der Waals surface area contributed by atoms with Crippen molar-refractivity contribution in [1.82, 2.24) is 30.0 Å². The number of pyridine rings is 1. The van der Waals surface area contributed by atoms with E-state index in [-0.39, 0.29) is 49.9 Å². The van der Waals surface area contributed by atoms with E-state index in [1.165, 1.54) is 22.4 Å². The van der Waals surface area contributed by atoms with Gasteiger partial charge in [0.15, 0.2) is 10.8 Å². The summed E-state index contributed by atoms with van der Waals surface area (Å²) in [6, 6.07) is 25.6. The molecule has 0 bridgehead atoms. The van der Waals surface area contributed by atoms with Gasteiger partial charge in [-0.25, -0.2) is 23.5 Å². The van der Waals surface area contributed by atoms with Crippen LogP contribution in [0.1, 0.15) is 81.3 Å². The zero-order valence-electron chi connectivity index (χ0n) is 39.5. The zero-order chi connectivity index (χ0) is 50.3. The van der Waals surface area contributed by atoms with Gasteiger partial charge in [0, 0.05) is 66.6 Å². The first kappa shape index (κ1) is 48.0. The summed E-state index contributed by atoms with van der Waals surface area (Å²) in [5, 5.41) is 24.4. The summed E-state index contributed by atoms with van der Waals surface area (Å²) in [5.41, 5.74) is 7.00. The highest BCUT2D eigenvalue weighted by Gasteiger charge is 2.44. The van der Waals surface area contributed by atoms with Crippen LogP contribution in [-0.4, -0.2) is 98.1 Å². The first-order chi connectivity index (χ1) is 34.7. The molecule has 19 heteroatoms. The Morgan fingerprint density at radius 2 is 1.81 bits per heavy atom. The van der Waals surface area contributed by atoms with Crippen molar-refractivity contribution < 1.29 is 42.6 Å². The number of halogens is 2. The van der Waals surface area contributed by atoms with Gasteiger partial charge in [0.25, 0.3) is 11.8 Å².